The van der Waals surface area contributed by atoms with Gasteiger partial charge in [-0.3, -0.25) is 0 Å². The number of ether oxygens (including phenoxy) is 2. The van der Waals surface area contributed by atoms with Gasteiger partial charge in [-0.2, -0.15) is 0 Å². The van der Waals surface area contributed by atoms with Crippen molar-refractivity contribution < 1.29 is 17.9 Å². The summed E-state index contributed by atoms with van der Waals surface area (Å²) in [6.45, 7) is 1.15. The molecule has 1 aliphatic heterocycles. The number of epoxide rings is 1. The Labute approximate surface area is 131 Å². The molecular weight excluding hydrogens is 356 g/mol. The smallest absolute Gasteiger partial charge is 0.207 e. The van der Waals surface area contributed by atoms with E-state index < -0.39 is 9.84 Å². The van der Waals surface area contributed by atoms with Gasteiger partial charge in [-0.05, 0) is 46.3 Å². The molecule has 2 aromatic rings. The molecule has 1 aliphatic rings. The van der Waals surface area contributed by atoms with Crippen LogP contribution in [-0.2, 0) is 14.6 Å². The van der Waals surface area contributed by atoms with Gasteiger partial charge in [-0.25, -0.2) is 8.42 Å². The van der Waals surface area contributed by atoms with E-state index in [0.717, 1.165) is 0 Å². The van der Waals surface area contributed by atoms with Crippen molar-refractivity contribution in [3.63, 3.8) is 0 Å². The molecular formula is C15H13BrO4S. The first-order valence-electron chi connectivity index (χ1n) is 6.41. The first-order valence-corrected chi connectivity index (χ1v) is 8.69. The van der Waals surface area contributed by atoms with E-state index in [-0.39, 0.29) is 15.9 Å². The zero-order valence-electron chi connectivity index (χ0n) is 11.0. The zero-order chi connectivity index (χ0) is 14.9. The van der Waals surface area contributed by atoms with Crippen LogP contribution in [0.2, 0.25) is 0 Å². The Hall–Kier alpha value is -1.37. The summed E-state index contributed by atoms with van der Waals surface area (Å²) in [5, 5.41) is 0. The van der Waals surface area contributed by atoms with Crippen molar-refractivity contribution in [1.29, 1.82) is 0 Å². The van der Waals surface area contributed by atoms with Gasteiger partial charge in [0.15, 0.2) is 0 Å². The van der Waals surface area contributed by atoms with Crippen LogP contribution < -0.4 is 4.74 Å². The first-order chi connectivity index (χ1) is 10.1. The topological polar surface area (TPSA) is 55.9 Å². The minimum atomic E-state index is -3.57. The summed E-state index contributed by atoms with van der Waals surface area (Å²) in [6.07, 6.45) is 0.133. The van der Waals surface area contributed by atoms with Crippen LogP contribution in [0.15, 0.2) is 62.8 Å². The summed E-state index contributed by atoms with van der Waals surface area (Å²) >= 11 is 3.28. The van der Waals surface area contributed by atoms with Crippen LogP contribution in [0.4, 0.5) is 0 Å². The highest BCUT2D eigenvalue weighted by Crippen LogP contribution is 2.29. The average molecular weight is 369 g/mol. The number of sulfone groups is 1. The summed E-state index contributed by atoms with van der Waals surface area (Å²) in [7, 11) is -3.57. The molecule has 0 aromatic heterocycles. The van der Waals surface area contributed by atoms with Gasteiger partial charge in [0.25, 0.3) is 0 Å². The molecule has 110 valence electrons. The van der Waals surface area contributed by atoms with Crippen molar-refractivity contribution >= 4 is 25.8 Å². The van der Waals surface area contributed by atoms with Crippen LogP contribution in [0.25, 0.3) is 0 Å². The molecule has 0 N–H and O–H groups in total. The fraction of sp³-hybridized carbons (Fsp3) is 0.200. The van der Waals surface area contributed by atoms with Crippen molar-refractivity contribution in [2.45, 2.75) is 15.9 Å². The van der Waals surface area contributed by atoms with Crippen LogP contribution in [0.3, 0.4) is 0 Å². The van der Waals surface area contributed by atoms with Gasteiger partial charge >= 0.3 is 0 Å². The van der Waals surface area contributed by atoms with Gasteiger partial charge in [0.05, 0.1) is 16.4 Å². The first kappa shape index (κ1) is 14.6. The predicted molar refractivity (Wildman–Crippen MR) is 81.3 cm³/mol. The lowest BCUT2D eigenvalue weighted by molar-refractivity contribution is 0.262. The number of hydrogen-bond donors (Lipinski definition) is 0. The quantitative estimate of drug-likeness (QED) is 0.761. The van der Waals surface area contributed by atoms with Crippen molar-refractivity contribution in [3.8, 4) is 5.75 Å². The summed E-state index contributed by atoms with van der Waals surface area (Å²) in [5.41, 5.74) is 0. The molecule has 3 rings (SSSR count). The Kier molecular flexibility index (Phi) is 4.01. The molecule has 0 saturated carbocycles. The molecule has 21 heavy (non-hydrogen) atoms. The molecule has 0 bridgehead atoms. The molecule has 4 nitrogen and oxygen atoms in total. The lowest BCUT2D eigenvalue weighted by Gasteiger charge is -2.09. The van der Waals surface area contributed by atoms with E-state index in [1.807, 2.05) is 0 Å². The molecule has 0 aliphatic carbocycles. The highest BCUT2D eigenvalue weighted by Gasteiger charge is 2.24. The lowest BCUT2D eigenvalue weighted by Crippen LogP contribution is -2.06. The maximum absolute atomic E-state index is 12.6. The van der Waals surface area contributed by atoms with E-state index in [1.165, 1.54) is 6.07 Å². The Bertz CT molecular complexity index is 754. The minimum Gasteiger partial charge on any atom is -0.491 e. The number of halogens is 1. The molecule has 0 radical (unpaired) electrons. The third kappa shape index (κ3) is 3.28. The highest BCUT2D eigenvalue weighted by atomic mass is 79.9. The maximum Gasteiger partial charge on any atom is 0.207 e. The second-order valence-corrected chi connectivity index (χ2v) is 7.45. The van der Waals surface area contributed by atoms with Crippen molar-refractivity contribution in [2.24, 2.45) is 0 Å². The third-order valence-corrected chi connectivity index (χ3v) is 5.84. The SMILES string of the molecule is O=S(=O)(c1cccc(OCC2CO2)c1)c1ccccc1Br. The van der Waals surface area contributed by atoms with E-state index in [9.17, 15) is 8.42 Å². The minimum absolute atomic E-state index is 0.133. The molecule has 6 heteroatoms. The van der Waals surface area contributed by atoms with Gasteiger partial charge in [-0.15, -0.1) is 0 Å². The number of benzene rings is 2. The van der Waals surface area contributed by atoms with Gasteiger partial charge < -0.3 is 9.47 Å². The van der Waals surface area contributed by atoms with Crippen LogP contribution in [0.5, 0.6) is 5.75 Å². The van der Waals surface area contributed by atoms with E-state index in [0.29, 0.717) is 23.4 Å². The van der Waals surface area contributed by atoms with Crippen LogP contribution >= 0.6 is 15.9 Å². The van der Waals surface area contributed by atoms with E-state index >= 15 is 0 Å². The number of hydrogen-bond acceptors (Lipinski definition) is 4. The normalized spacial score (nSPS) is 17.5. The summed E-state index contributed by atoms with van der Waals surface area (Å²) in [4.78, 5) is 0.455. The van der Waals surface area contributed by atoms with E-state index in [4.69, 9.17) is 9.47 Å². The fourth-order valence-corrected chi connectivity index (χ4v) is 4.16. The molecule has 2 aromatic carbocycles. The van der Waals surface area contributed by atoms with Gasteiger partial charge in [-0.1, -0.05) is 18.2 Å². The lowest BCUT2D eigenvalue weighted by atomic mass is 10.3. The Morgan fingerprint density at radius 1 is 1.19 bits per heavy atom. The predicted octanol–water partition coefficient (Wildman–Crippen LogP) is 3.06. The van der Waals surface area contributed by atoms with E-state index in [2.05, 4.69) is 15.9 Å². The van der Waals surface area contributed by atoms with Gasteiger partial charge in [0.1, 0.15) is 18.5 Å². The molecule has 1 saturated heterocycles. The van der Waals surface area contributed by atoms with E-state index in [1.54, 1.807) is 42.5 Å². The molecule has 1 fully saturated rings. The standard InChI is InChI=1S/C15H13BrO4S/c16-14-6-1-2-7-15(14)21(17,18)13-5-3-4-11(8-13)19-9-12-10-20-12/h1-8,12H,9-10H2. The van der Waals surface area contributed by atoms with Crippen LogP contribution in [0, 0.1) is 0 Å². The van der Waals surface area contributed by atoms with Gasteiger partial charge in [0.2, 0.25) is 9.84 Å². The molecule has 1 heterocycles. The Balaban J connectivity index is 1.91. The maximum atomic E-state index is 12.6. The summed E-state index contributed by atoms with van der Waals surface area (Å²) in [5.74, 6) is 0.527. The Morgan fingerprint density at radius 2 is 1.95 bits per heavy atom. The van der Waals surface area contributed by atoms with Crippen molar-refractivity contribution in [3.05, 3.63) is 53.0 Å². The highest BCUT2D eigenvalue weighted by molar-refractivity contribution is 9.10. The molecule has 0 amide bonds. The largest absolute Gasteiger partial charge is 0.491 e. The number of rotatable bonds is 5. The third-order valence-electron chi connectivity index (χ3n) is 3.08. The molecule has 0 spiro atoms. The van der Waals surface area contributed by atoms with Crippen molar-refractivity contribution in [2.75, 3.05) is 13.2 Å². The molecule has 1 atom stereocenters. The van der Waals surface area contributed by atoms with Crippen LogP contribution in [0.1, 0.15) is 0 Å². The summed E-state index contributed by atoms with van der Waals surface area (Å²) in [6, 6.07) is 13.3. The molecule has 1 unspecified atom stereocenters. The fourth-order valence-electron chi connectivity index (χ4n) is 1.87. The Morgan fingerprint density at radius 3 is 2.67 bits per heavy atom. The monoisotopic (exact) mass is 368 g/mol. The summed E-state index contributed by atoms with van der Waals surface area (Å²) < 4.78 is 36.4. The van der Waals surface area contributed by atoms with Crippen molar-refractivity contribution in [1.82, 2.24) is 0 Å². The average Bonchev–Trinajstić information content (AvgIpc) is 3.30. The second kappa shape index (κ2) is 5.79. The van der Waals surface area contributed by atoms with Crippen LogP contribution in [-0.4, -0.2) is 27.7 Å². The van der Waals surface area contributed by atoms with Gasteiger partial charge in [0, 0.05) is 4.47 Å². The zero-order valence-corrected chi connectivity index (χ0v) is 13.4. The second-order valence-electron chi connectivity index (χ2n) is 4.68.